The van der Waals surface area contributed by atoms with E-state index in [1.165, 1.54) is 0 Å². The topological polar surface area (TPSA) is 76.9 Å². The van der Waals surface area contributed by atoms with E-state index < -0.39 is 10.0 Å². The van der Waals surface area contributed by atoms with Crippen LogP contribution in [0.2, 0.25) is 5.02 Å². The first kappa shape index (κ1) is 20.4. The van der Waals surface area contributed by atoms with E-state index >= 15 is 0 Å². The zero-order valence-corrected chi connectivity index (χ0v) is 18.4. The summed E-state index contributed by atoms with van der Waals surface area (Å²) in [6.07, 6.45) is 4.93. The molecule has 0 spiro atoms. The molecule has 154 valence electrons. The van der Waals surface area contributed by atoms with Gasteiger partial charge in [0.25, 0.3) is 10.0 Å². The molecule has 0 radical (unpaired) electrons. The lowest BCUT2D eigenvalue weighted by atomic mass is 9.87. The number of sulfonamides is 1. The third-order valence-corrected chi connectivity index (χ3v) is 6.46. The number of nitrogens with zero attached hydrogens (tertiary/aromatic N) is 3. The second kappa shape index (κ2) is 7.41. The molecule has 0 fully saturated rings. The normalized spacial score (nSPS) is 12.3. The number of imidazole rings is 1. The average molecular weight is 441 g/mol. The number of anilines is 1. The van der Waals surface area contributed by atoms with Gasteiger partial charge < -0.3 is 0 Å². The number of pyridine rings is 1. The van der Waals surface area contributed by atoms with Crippen LogP contribution >= 0.6 is 11.6 Å². The van der Waals surface area contributed by atoms with E-state index in [0.717, 1.165) is 11.1 Å². The van der Waals surface area contributed by atoms with Gasteiger partial charge in [0.15, 0.2) is 0 Å². The van der Waals surface area contributed by atoms with E-state index in [0.29, 0.717) is 21.9 Å². The fourth-order valence-electron chi connectivity index (χ4n) is 3.18. The second-order valence-electron chi connectivity index (χ2n) is 8.02. The van der Waals surface area contributed by atoms with Crippen molar-refractivity contribution in [2.24, 2.45) is 0 Å². The largest absolute Gasteiger partial charge is 0.297 e. The summed E-state index contributed by atoms with van der Waals surface area (Å²) >= 11 is 6.21. The maximum atomic E-state index is 13.1. The van der Waals surface area contributed by atoms with Gasteiger partial charge in [-0.1, -0.05) is 44.5 Å². The van der Waals surface area contributed by atoms with Gasteiger partial charge in [0.1, 0.15) is 11.8 Å². The summed E-state index contributed by atoms with van der Waals surface area (Å²) in [6.45, 7) is 6.25. The summed E-state index contributed by atoms with van der Waals surface area (Å²) in [4.78, 5) is 8.59. The summed E-state index contributed by atoms with van der Waals surface area (Å²) in [5.41, 5.74) is 3.47. The van der Waals surface area contributed by atoms with Gasteiger partial charge >= 0.3 is 0 Å². The molecule has 0 saturated heterocycles. The highest BCUT2D eigenvalue weighted by Gasteiger charge is 2.20. The van der Waals surface area contributed by atoms with Gasteiger partial charge in [0.2, 0.25) is 0 Å². The van der Waals surface area contributed by atoms with Crippen molar-refractivity contribution in [3.63, 3.8) is 0 Å². The van der Waals surface area contributed by atoms with Crippen LogP contribution in [0.5, 0.6) is 0 Å². The van der Waals surface area contributed by atoms with Crippen LogP contribution in [0.1, 0.15) is 26.3 Å². The van der Waals surface area contributed by atoms with Crippen LogP contribution in [0.4, 0.5) is 5.69 Å². The summed E-state index contributed by atoms with van der Waals surface area (Å²) in [5.74, 6) is 0. The van der Waals surface area contributed by atoms with Gasteiger partial charge in [-0.05, 0) is 47.4 Å². The minimum atomic E-state index is -3.79. The quantitative estimate of drug-likeness (QED) is 0.474. The SMILES string of the molecule is CC(C)(C)c1ccc(S(=O)(=O)Nc2ccc(Cl)cc2-n2cnc3cnccc32)cc1. The Labute approximate surface area is 180 Å². The fraction of sp³-hybridized carbons (Fsp3) is 0.182. The molecule has 0 aliphatic rings. The van der Waals surface area contributed by atoms with Crippen molar-refractivity contribution in [3.05, 3.63) is 77.8 Å². The first-order valence-electron chi connectivity index (χ1n) is 9.35. The molecular weight excluding hydrogens is 420 g/mol. The average Bonchev–Trinajstić information content (AvgIpc) is 3.13. The summed E-state index contributed by atoms with van der Waals surface area (Å²) in [5, 5.41) is 0.485. The van der Waals surface area contributed by atoms with E-state index in [-0.39, 0.29) is 10.3 Å². The summed E-state index contributed by atoms with van der Waals surface area (Å²) in [7, 11) is -3.79. The lowest BCUT2D eigenvalue weighted by Crippen LogP contribution is -2.16. The molecule has 0 bridgehead atoms. The molecule has 2 aromatic carbocycles. The molecule has 1 N–H and O–H groups in total. The highest BCUT2D eigenvalue weighted by Crippen LogP contribution is 2.30. The Morgan fingerprint density at radius 1 is 1.03 bits per heavy atom. The van der Waals surface area contributed by atoms with Gasteiger partial charge in [0, 0.05) is 11.2 Å². The molecular formula is C22H21ClN4O2S. The first-order valence-corrected chi connectivity index (χ1v) is 11.2. The Morgan fingerprint density at radius 3 is 2.47 bits per heavy atom. The smallest absolute Gasteiger partial charge is 0.261 e. The molecule has 2 aromatic heterocycles. The molecule has 4 rings (SSSR count). The van der Waals surface area contributed by atoms with Crippen LogP contribution in [-0.4, -0.2) is 23.0 Å². The highest BCUT2D eigenvalue weighted by atomic mass is 35.5. The Kier molecular flexibility index (Phi) is 5.03. The molecule has 0 aliphatic heterocycles. The van der Waals surface area contributed by atoms with E-state index in [2.05, 4.69) is 35.5 Å². The van der Waals surface area contributed by atoms with E-state index in [1.807, 2.05) is 18.2 Å². The van der Waals surface area contributed by atoms with E-state index in [1.54, 1.807) is 53.6 Å². The standard InChI is InChI=1S/C22H21ClN4O2S/c1-22(2,3)15-4-7-17(8-5-15)30(28,29)26-18-9-6-16(23)12-21(18)27-14-25-19-13-24-11-10-20(19)27/h4-14,26H,1-3H3. The number of hydrogen-bond donors (Lipinski definition) is 1. The number of halogens is 1. The molecule has 2 heterocycles. The van der Waals surface area contributed by atoms with Gasteiger partial charge in [-0.3, -0.25) is 14.3 Å². The number of fused-ring (bicyclic) bond motifs is 1. The number of benzene rings is 2. The molecule has 0 atom stereocenters. The first-order chi connectivity index (χ1) is 14.1. The third-order valence-electron chi connectivity index (χ3n) is 4.84. The minimum absolute atomic E-state index is 0.0591. The molecule has 4 aromatic rings. The van der Waals surface area contributed by atoms with Crippen LogP contribution < -0.4 is 4.72 Å². The Bertz CT molecular complexity index is 1320. The van der Waals surface area contributed by atoms with Crippen LogP contribution in [0.3, 0.4) is 0 Å². The fourth-order valence-corrected chi connectivity index (χ4v) is 4.42. The molecule has 30 heavy (non-hydrogen) atoms. The highest BCUT2D eigenvalue weighted by molar-refractivity contribution is 7.92. The maximum Gasteiger partial charge on any atom is 0.261 e. The van der Waals surface area contributed by atoms with Crippen LogP contribution in [0.25, 0.3) is 16.7 Å². The number of nitrogens with one attached hydrogen (secondary N) is 1. The van der Waals surface area contributed by atoms with Crippen LogP contribution in [-0.2, 0) is 15.4 Å². The lowest BCUT2D eigenvalue weighted by molar-refractivity contribution is 0.587. The van der Waals surface area contributed by atoms with E-state index in [9.17, 15) is 8.42 Å². The predicted molar refractivity (Wildman–Crippen MR) is 120 cm³/mol. The van der Waals surface area contributed by atoms with Crippen molar-refractivity contribution in [3.8, 4) is 5.69 Å². The van der Waals surface area contributed by atoms with Crippen molar-refractivity contribution in [1.29, 1.82) is 0 Å². The molecule has 8 heteroatoms. The number of hydrogen-bond acceptors (Lipinski definition) is 4. The Morgan fingerprint density at radius 2 is 1.77 bits per heavy atom. The van der Waals surface area contributed by atoms with Gasteiger partial charge in [0.05, 0.1) is 28.0 Å². The second-order valence-corrected chi connectivity index (χ2v) is 10.1. The summed E-state index contributed by atoms with van der Waals surface area (Å²) in [6, 6.07) is 13.7. The molecule has 0 amide bonds. The van der Waals surface area contributed by atoms with Gasteiger partial charge in [-0.2, -0.15) is 0 Å². The lowest BCUT2D eigenvalue weighted by Gasteiger charge is -2.19. The van der Waals surface area contributed by atoms with E-state index in [4.69, 9.17) is 11.6 Å². The Balaban J connectivity index is 1.75. The predicted octanol–water partition coefficient (Wildman–Crippen LogP) is 5.17. The van der Waals surface area contributed by atoms with Gasteiger partial charge in [-0.25, -0.2) is 13.4 Å². The number of aromatic nitrogens is 3. The van der Waals surface area contributed by atoms with Crippen LogP contribution in [0, 0.1) is 0 Å². The van der Waals surface area contributed by atoms with Crippen molar-refractivity contribution in [2.75, 3.05) is 4.72 Å². The van der Waals surface area contributed by atoms with Gasteiger partial charge in [-0.15, -0.1) is 0 Å². The molecule has 0 unspecified atom stereocenters. The van der Waals surface area contributed by atoms with Crippen molar-refractivity contribution < 1.29 is 8.42 Å². The van der Waals surface area contributed by atoms with Crippen molar-refractivity contribution in [2.45, 2.75) is 31.1 Å². The van der Waals surface area contributed by atoms with Crippen molar-refractivity contribution >= 4 is 38.3 Å². The molecule has 0 aliphatic carbocycles. The van der Waals surface area contributed by atoms with Crippen LogP contribution in [0.15, 0.2) is 72.1 Å². The zero-order valence-electron chi connectivity index (χ0n) is 16.8. The molecule has 0 saturated carbocycles. The Hall–Kier alpha value is -2.90. The summed E-state index contributed by atoms with van der Waals surface area (Å²) < 4.78 is 30.6. The maximum absolute atomic E-state index is 13.1. The van der Waals surface area contributed by atoms with Crippen molar-refractivity contribution in [1.82, 2.24) is 14.5 Å². The monoisotopic (exact) mass is 440 g/mol. The molecule has 6 nitrogen and oxygen atoms in total. The number of rotatable bonds is 4. The minimum Gasteiger partial charge on any atom is -0.297 e. The zero-order chi connectivity index (χ0) is 21.5. The third kappa shape index (κ3) is 3.91.